The molecule has 0 radical (unpaired) electrons. The van der Waals surface area contributed by atoms with Gasteiger partial charge in [-0.25, -0.2) is 9.97 Å². The van der Waals surface area contributed by atoms with Crippen molar-refractivity contribution in [3.05, 3.63) is 77.3 Å². The first kappa shape index (κ1) is 24.6. The van der Waals surface area contributed by atoms with Gasteiger partial charge in [0.15, 0.2) is 0 Å². The number of fused-ring (bicyclic) bond motifs is 1. The van der Waals surface area contributed by atoms with E-state index in [2.05, 4.69) is 26.8 Å². The Morgan fingerprint density at radius 3 is 2.21 bits per heavy atom. The Morgan fingerprint density at radius 2 is 1.50 bits per heavy atom. The molecule has 8 nitrogen and oxygen atoms in total. The third-order valence-electron chi connectivity index (χ3n) is 8.09. The fourth-order valence-electron chi connectivity index (χ4n) is 5.90. The number of pyridine rings is 1. The summed E-state index contributed by atoms with van der Waals surface area (Å²) in [4.78, 5) is 27.8. The molecule has 0 spiro atoms. The summed E-state index contributed by atoms with van der Waals surface area (Å²) in [5.41, 5.74) is 8.31. The number of rotatable bonds is 5. The molecule has 4 aromatic rings. The van der Waals surface area contributed by atoms with E-state index in [1.165, 1.54) is 6.33 Å². The van der Waals surface area contributed by atoms with Gasteiger partial charge in [-0.1, -0.05) is 30.3 Å². The van der Waals surface area contributed by atoms with Crippen LogP contribution >= 0.6 is 0 Å². The molecule has 2 aromatic carbocycles. The molecule has 1 saturated carbocycles. The first-order valence-electron chi connectivity index (χ1n) is 13.5. The van der Waals surface area contributed by atoms with E-state index in [0.29, 0.717) is 34.2 Å². The summed E-state index contributed by atoms with van der Waals surface area (Å²) in [6.07, 6.45) is 5.52. The van der Waals surface area contributed by atoms with Crippen LogP contribution in [0.25, 0.3) is 22.2 Å². The Bertz CT molecular complexity index is 1450. The van der Waals surface area contributed by atoms with Crippen LogP contribution in [-0.4, -0.2) is 63.6 Å². The summed E-state index contributed by atoms with van der Waals surface area (Å²) in [5.74, 6) is 1.87. The maximum Gasteiger partial charge on any atom is 0.260 e. The van der Waals surface area contributed by atoms with Gasteiger partial charge in [-0.15, -0.1) is 0 Å². The second-order valence-electron chi connectivity index (χ2n) is 10.5. The standard InChI is InChI=1S/C30H34N6O2/c1-34-15-17-35(18-16-34)22-9-11-23(12-10-22)36-29-27(28(31)32-20-33-29)19-26(30(36)37)21-7-13-25(14-8-21)38-24-5-3-2-4-6-24/h2-8,13-14,19-20,22-23H,9-12,15-18H2,1H3,(H2,31,32,33)/t22-,23-. The molecule has 2 aliphatic rings. The fourth-order valence-corrected chi connectivity index (χ4v) is 5.90. The zero-order valence-corrected chi connectivity index (χ0v) is 21.8. The van der Waals surface area contributed by atoms with Crippen molar-refractivity contribution in [2.24, 2.45) is 0 Å². The molecule has 0 unspecified atom stereocenters. The van der Waals surface area contributed by atoms with Crippen LogP contribution in [0.5, 0.6) is 11.5 Å². The van der Waals surface area contributed by atoms with Crippen LogP contribution in [0.15, 0.2) is 71.8 Å². The maximum atomic E-state index is 14.0. The zero-order chi connectivity index (χ0) is 26.1. The normalized spacial score (nSPS) is 21.0. The van der Waals surface area contributed by atoms with Crippen LogP contribution in [0, 0.1) is 0 Å². The lowest BCUT2D eigenvalue weighted by Crippen LogP contribution is -2.50. The Labute approximate surface area is 222 Å². The first-order chi connectivity index (χ1) is 18.6. The highest BCUT2D eigenvalue weighted by Gasteiger charge is 2.30. The third kappa shape index (κ3) is 4.89. The number of hydrogen-bond donors (Lipinski definition) is 1. The molecule has 2 aromatic heterocycles. The van der Waals surface area contributed by atoms with Crippen LogP contribution in [0.4, 0.5) is 5.82 Å². The molecule has 2 fully saturated rings. The van der Waals surface area contributed by atoms with Crippen molar-refractivity contribution in [2.75, 3.05) is 39.0 Å². The Balaban J connectivity index is 1.30. The summed E-state index contributed by atoms with van der Waals surface area (Å²) >= 11 is 0. The number of nitrogen functional groups attached to an aromatic ring is 1. The lowest BCUT2D eigenvalue weighted by Gasteiger charge is -2.41. The van der Waals surface area contributed by atoms with Gasteiger partial charge >= 0.3 is 0 Å². The number of hydrogen-bond acceptors (Lipinski definition) is 7. The van der Waals surface area contributed by atoms with E-state index in [1.807, 2.05) is 65.2 Å². The van der Waals surface area contributed by atoms with Gasteiger partial charge in [0.05, 0.1) is 5.39 Å². The SMILES string of the molecule is CN1CCN([C@H]2CC[C@H](n3c(=O)c(-c4ccc(Oc5ccccc5)cc4)cc4c(N)ncnc43)CC2)CC1. The van der Waals surface area contributed by atoms with Gasteiger partial charge in [0.2, 0.25) is 0 Å². The van der Waals surface area contributed by atoms with Crippen LogP contribution in [0.2, 0.25) is 0 Å². The molecular weight excluding hydrogens is 476 g/mol. The lowest BCUT2D eigenvalue weighted by molar-refractivity contribution is 0.0824. The number of piperazine rings is 1. The van der Waals surface area contributed by atoms with E-state index in [4.69, 9.17) is 10.5 Å². The minimum absolute atomic E-state index is 0.0321. The molecule has 0 atom stereocenters. The molecule has 2 N–H and O–H groups in total. The van der Waals surface area contributed by atoms with Gasteiger partial charge < -0.3 is 15.4 Å². The average Bonchev–Trinajstić information content (AvgIpc) is 2.95. The molecule has 3 heterocycles. The second-order valence-corrected chi connectivity index (χ2v) is 10.5. The van der Waals surface area contributed by atoms with Crippen molar-refractivity contribution >= 4 is 16.9 Å². The first-order valence-corrected chi connectivity index (χ1v) is 13.5. The molecule has 0 bridgehead atoms. The maximum absolute atomic E-state index is 14.0. The summed E-state index contributed by atoms with van der Waals surface area (Å²) < 4.78 is 7.83. The van der Waals surface area contributed by atoms with E-state index in [1.54, 1.807) is 0 Å². The van der Waals surface area contributed by atoms with Crippen molar-refractivity contribution in [3.8, 4) is 22.6 Å². The van der Waals surface area contributed by atoms with Crippen molar-refractivity contribution < 1.29 is 4.74 Å². The molecule has 8 heteroatoms. The number of nitrogens with zero attached hydrogens (tertiary/aromatic N) is 5. The van der Waals surface area contributed by atoms with E-state index in [-0.39, 0.29) is 11.6 Å². The van der Waals surface area contributed by atoms with Crippen molar-refractivity contribution in [2.45, 2.75) is 37.8 Å². The van der Waals surface area contributed by atoms with Crippen molar-refractivity contribution in [1.29, 1.82) is 0 Å². The van der Waals surface area contributed by atoms with Crippen LogP contribution < -0.4 is 16.0 Å². The average molecular weight is 511 g/mol. The summed E-state index contributed by atoms with van der Waals surface area (Å²) in [5, 5.41) is 0.716. The van der Waals surface area contributed by atoms with Gasteiger partial charge in [0, 0.05) is 43.8 Å². The highest BCUT2D eigenvalue weighted by atomic mass is 16.5. The quantitative estimate of drug-likeness (QED) is 0.421. The third-order valence-corrected chi connectivity index (χ3v) is 8.09. The number of ether oxygens (including phenoxy) is 1. The van der Waals surface area contributed by atoms with Crippen LogP contribution in [-0.2, 0) is 0 Å². The Kier molecular flexibility index (Phi) is 6.82. The predicted octanol–water partition coefficient (Wildman–Crippen LogP) is 4.56. The molecule has 6 rings (SSSR count). The van der Waals surface area contributed by atoms with E-state index >= 15 is 0 Å². The van der Waals surface area contributed by atoms with E-state index in [9.17, 15) is 4.79 Å². The molecule has 1 aliphatic carbocycles. The number of anilines is 1. The van der Waals surface area contributed by atoms with Gasteiger partial charge in [-0.2, -0.15) is 0 Å². The molecule has 38 heavy (non-hydrogen) atoms. The van der Waals surface area contributed by atoms with E-state index in [0.717, 1.165) is 63.2 Å². The zero-order valence-electron chi connectivity index (χ0n) is 21.8. The Morgan fingerprint density at radius 1 is 0.842 bits per heavy atom. The van der Waals surface area contributed by atoms with E-state index < -0.39 is 0 Å². The summed E-state index contributed by atoms with van der Waals surface area (Å²) in [6.45, 7) is 4.49. The molecule has 0 amide bonds. The monoisotopic (exact) mass is 510 g/mol. The minimum Gasteiger partial charge on any atom is -0.457 e. The van der Waals surface area contributed by atoms with Gasteiger partial charge in [-0.3, -0.25) is 14.3 Å². The smallest absolute Gasteiger partial charge is 0.260 e. The van der Waals surface area contributed by atoms with Gasteiger partial charge in [0.25, 0.3) is 5.56 Å². The number of benzene rings is 2. The summed E-state index contributed by atoms with van der Waals surface area (Å²) in [7, 11) is 2.19. The van der Waals surface area contributed by atoms with Crippen molar-refractivity contribution in [1.82, 2.24) is 24.3 Å². The molecule has 1 saturated heterocycles. The number of para-hydroxylation sites is 1. The minimum atomic E-state index is -0.0321. The highest BCUT2D eigenvalue weighted by Crippen LogP contribution is 2.34. The molecule has 1 aliphatic heterocycles. The highest BCUT2D eigenvalue weighted by molar-refractivity contribution is 5.89. The molecular formula is C30H34N6O2. The summed E-state index contributed by atoms with van der Waals surface area (Å²) in [6, 6.07) is 19.8. The number of nitrogens with two attached hydrogens (primary N) is 1. The van der Waals surface area contributed by atoms with Gasteiger partial charge in [-0.05, 0) is 68.6 Å². The van der Waals surface area contributed by atoms with Crippen molar-refractivity contribution in [3.63, 3.8) is 0 Å². The fraction of sp³-hybridized carbons (Fsp3) is 0.367. The topological polar surface area (TPSA) is 89.5 Å². The molecule has 196 valence electrons. The second kappa shape index (κ2) is 10.6. The predicted molar refractivity (Wildman–Crippen MR) is 151 cm³/mol. The van der Waals surface area contributed by atoms with Gasteiger partial charge in [0.1, 0.15) is 29.3 Å². The lowest BCUT2D eigenvalue weighted by atomic mass is 9.89. The van der Waals surface area contributed by atoms with Crippen LogP contribution in [0.1, 0.15) is 31.7 Å². The van der Waals surface area contributed by atoms with Crippen LogP contribution in [0.3, 0.4) is 0 Å². The largest absolute Gasteiger partial charge is 0.457 e. The Hall–Kier alpha value is -3.75. The number of likely N-dealkylation sites (N-methyl/N-ethyl adjacent to an activating group) is 1. The number of aromatic nitrogens is 3.